The number of nitrogens with zero attached hydrogens (tertiary/aromatic N) is 6. The second kappa shape index (κ2) is 6.75. The fourth-order valence-corrected chi connectivity index (χ4v) is 4.83. The molecular formula is C14H11ClN6S3. The maximum Gasteiger partial charge on any atom is 0.234 e. The van der Waals surface area contributed by atoms with Gasteiger partial charge in [-0.15, -0.1) is 20.4 Å². The molecule has 24 heavy (non-hydrogen) atoms. The van der Waals surface area contributed by atoms with Gasteiger partial charge in [0.2, 0.25) is 4.96 Å². The molecule has 0 bridgehead atoms. The zero-order valence-electron chi connectivity index (χ0n) is 12.5. The van der Waals surface area contributed by atoms with E-state index in [9.17, 15) is 0 Å². The summed E-state index contributed by atoms with van der Waals surface area (Å²) in [7, 11) is 0. The molecule has 1 aromatic carbocycles. The van der Waals surface area contributed by atoms with Crippen LogP contribution in [0.15, 0.2) is 28.6 Å². The van der Waals surface area contributed by atoms with E-state index < -0.39 is 0 Å². The first-order valence-corrected chi connectivity index (χ1v) is 10.0. The largest absolute Gasteiger partial charge is 0.234 e. The summed E-state index contributed by atoms with van der Waals surface area (Å²) in [5, 5.41) is 23.9. The minimum atomic E-state index is 0.667. The van der Waals surface area contributed by atoms with Gasteiger partial charge >= 0.3 is 0 Å². The van der Waals surface area contributed by atoms with Crippen LogP contribution in [-0.2, 0) is 12.2 Å². The number of fused-ring (bicyclic) bond motifs is 1. The number of halogens is 1. The van der Waals surface area contributed by atoms with E-state index in [1.165, 1.54) is 5.56 Å². The first-order valence-electron chi connectivity index (χ1n) is 7.05. The lowest BCUT2D eigenvalue weighted by Crippen LogP contribution is -1.96. The highest BCUT2D eigenvalue weighted by molar-refractivity contribution is 8.00. The van der Waals surface area contributed by atoms with Crippen molar-refractivity contribution in [3.63, 3.8) is 0 Å². The minimum Gasteiger partial charge on any atom is -0.186 e. The molecule has 0 spiro atoms. The average Bonchev–Trinajstić information content (AvgIpc) is 3.24. The van der Waals surface area contributed by atoms with Gasteiger partial charge in [-0.1, -0.05) is 58.2 Å². The smallest absolute Gasteiger partial charge is 0.186 e. The van der Waals surface area contributed by atoms with Gasteiger partial charge in [-0.25, -0.2) is 0 Å². The summed E-state index contributed by atoms with van der Waals surface area (Å²) in [4.78, 5) is 0.808. The van der Waals surface area contributed by atoms with E-state index in [2.05, 4.69) is 25.5 Å². The van der Waals surface area contributed by atoms with E-state index in [0.29, 0.717) is 5.75 Å². The number of aryl methyl sites for hydroxylation is 1. The molecule has 0 amide bonds. The van der Waals surface area contributed by atoms with Crippen LogP contribution in [0.3, 0.4) is 0 Å². The van der Waals surface area contributed by atoms with Crippen LogP contribution < -0.4 is 0 Å². The Morgan fingerprint density at radius 1 is 1.08 bits per heavy atom. The normalized spacial score (nSPS) is 11.4. The highest BCUT2D eigenvalue weighted by atomic mass is 35.5. The molecule has 0 unspecified atom stereocenters. The molecule has 0 aliphatic heterocycles. The molecule has 0 saturated carbocycles. The van der Waals surface area contributed by atoms with E-state index in [4.69, 9.17) is 11.6 Å². The third kappa shape index (κ3) is 3.44. The van der Waals surface area contributed by atoms with Crippen molar-refractivity contribution in [3.8, 4) is 0 Å². The predicted octanol–water partition coefficient (Wildman–Crippen LogP) is 3.88. The van der Waals surface area contributed by atoms with Crippen molar-refractivity contribution in [1.29, 1.82) is 0 Å². The zero-order valence-corrected chi connectivity index (χ0v) is 15.7. The number of benzene rings is 1. The lowest BCUT2D eigenvalue weighted by Gasteiger charge is -1.97. The summed E-state index contributed by atoms with van der Waals surface area (Å²) in [6.45, 7) is 1.94. The summed E-state index contributed by atoms with van der Waals surface area (Å²) in [5.74, 6) is 1.49. The quantitative estimate of drug-likeness (QED) is 0.478. The molecule has 0 fully saturated rings. The van der Waals surface area contributed by atoms with Crippen molar-refractivity contribution in [1.82, 2.24) is 30.0 Å². The molecule has 0 atom stereocenters. The van der Waals surface area contributed by atoms with E-state index in [1.54, 1.807) is 34.4 Å². The lowest BCUT2D eigenvalue weighted by atomic mass is 10.2. The van der Waals surface area contributed by atoms with Crippen molar-refractivity contribution in [2.45, 2.75) is 23.4 Å². The minimum absolute atomic E-state index is 0.667. The Labute approximate surface area is 154 Å². The van der Waals surface area contributed by atoms with Crippen molar-refractivity contribution >= 4 is 51.0 Å². The standard InChI is InChI=1S/C14H11ClN6S3/c1-8-16-19-14(23-8)22-7-11-17-18-13-21(11)20-12(24-13)6-9-2-4-10(15)5-3-9/h2-5H,6-7H2,1H3. The third-order valence-corrected chi connectivity index (χ3v) is 6.32. The van der Waals surface area contributed by atoms with Crippen molar-refractivity contribution in [2.75, 3.05) is 0 Å². The van der Waals surface area contributed by atoms with Gasteiger partial charge in [-0.05, 0) is 24.6 Å². The van der Waals surface area contributed by atoms with Crippen LogP contribution in [0.4, 0.5) is 0 Å². The monoisotopic (exact) mass is 394 g/mol. The molecule has 122 valence electrons. The molecular weight excluding hydrogens is 384 g/mol. The van der Waals surface area contributed by atoms with E-state index in [0.717, 1.165) is 36.6 Å². The van der Waals surface area contributed by atoms with Gasteiger partial charge in [0.15, 0.2) is 10.2 Å². The zero-order chi connectivity index (χ0) is 16.5. The van der Waals surface area contributed by atoms with Crippen LogP contribution in [0.25, 0.3) is 4.96 Å². The maximum atomic E-state index is 5.92. The molecule has 0 aliphatic carbocycles. The number of thioether (sulfide) groups is 1. The Morgan fingerprint density at radius 3 is 2.67 bits per heavy atom. The van der Waals surface area contributed by atoms with Gasteiger partial charge in [0, 0.05) is 11.4 Å². The summed E-state index contributed by atoms with van der Waals surface area (Å²) < 4.78 is 2.75. The van der Waals surface area contributed by atoms with Crippen LogP contribution in [0, 0.1) is 6.92 Å². The van der Waals surface area contributed by atoms with Crippen LogP contribution >= 0.6 is 46.0 Å². The third-order valence-electron chi connectivity index (χ3n) is 3.20. The van der Waals surface area contributed by atoms with Gasteiger partial charge in [-0.2, -0.15) is 9.61 Å². The predicted molar refractivity (Wildman–Crippen MR) is 97.1 cm³/mol. The topological polar surface area (TPSA) is 68.9 Å². The number of hydrogen-bond acceptors (Lipinski definition) is 8. The van der Waals surface area contributed by atoms with Crippen molar-refractivity contribution < 1.29 is 0 Å². The molecule has 4 aromatic rings. The van der Waals surface area contributed by atoms with Gasteiger partial charge in [0.1, 0.15) is 10.0 Å². The van der Waals surface area contributed by atoms with Crippen molar-refractivity contribution in [2.24, 2.45) is 0 Å². The number of rotatable bonds is 5. The molecule has 3 heterocycles. The van der Waals surface area contributed by atoms with Gasteiger partial charge < -0.3 is 0 Å². The molecule has 0 N–H and O–H groups in total. The first-order chi connectivity index (χ1) is 11.7. The first kappa shape index (κ1) is 15.9. The number of hydrogen-bond donors (Lipinski definition) is 0. The Hall–Kier alpha value is -1.55. The fourth-order valence-electron chi connectivity index (χ4n) is 2.10. The molecule has 4 rings (SSSR count). The van der Waals surface area contributed by atoms with Crippen LogP contribution in [-0.4, -0.2) is 30.0 Å². The Kier molecular flexibility index (Phi) is 4.49. The Morgan fingerprint density at radius 2 is 1.92 bits per heavy atom. The molecule has 6 nitrogen and oxygen atoms in total. The van der Waals surface area contributed by atoms with E-state index in [1.807, 2.05) is 35.7 Å². The molecule has 10 heteroatoms. The van der Waals surface area contributed by atoms with Gasteiger partial charge in [-0.3, -0.25) is 0 Å². The summed E-state index contributed by atoms with van der Waals surface area (Å²) in [5.41, 5.74) is 1.17. The van der Waals surface area contributed by atoms with E-state index >= 15 is 0 Å². The Balaban J connectivity index is 1.51. The molecule has 0 radical (unpaired) electrons. The van der Waals surface area contributed by atoms with Crippen LogP contribution in [0.5, 0.6) is 0 Å². The van der Waals surface area contributed by atoms with Gasteiger partial charge in [0.05, 0.1) is 5.75 Å². The lowest BCUT2D eigenvalue weighted by molar-refractivity contribution is 0.855. The van der Waals surface area contributed by atoms with Gasteiger partial charge in [0.25, 0.3) is 0 Å². The molecule has 0 saturated heterocycles. The highest BCUT2D eigenvalue weighted by Gasteiger charge is 2.13. The average molecular weight is 395 g/mol. The van der Waals surface area contributed by atoms with Crippen LogP contribution in [0.2, 0.25) is 5.02 Å². The Bertz CT molecular complexity index is 974. The summed E-state index contributed by atoms with van der Waals surface area (Å²) in [6, 6.07) is 7.81. The van der Waals surface area contributed by atoms with E-state index in [-0.39, 0.29) is 0 Å². The summed E-state index contributed by atoms with van der Waals surface area (Å²) >= 11 is 10.7. The number of aromatic nitrogens is 6. The summed E-state index contributed by atoms with van der Waals surface area (Å²) in [6.07, 6.45) is 0.757. The van der Waals surface area contributed by atoms with Crippen LogP contribution in [0.1, 0.15) is 21.4 Å². The SMILES string of the molecule is Cc1nnc(SCc2nnc3sc(Cc4ccc(Cl)cc4)nn23)s1. The second-order valence-corrected chi connectivity index (χ2v) is 8.87. The molecule has 0 aliphatic rings. The molecule has 3 aromatic heterocycles. The maximum absolute atomic E-state index is 5.92. The fraction of sp³-hybridized carbons (Fsp3) is 0.214. The highest BCUT2D eigenvalue weighted by Crippen LogP contribution is 2.26. The van der Waals surface area contributed by atoms with Crippen molar-refractivity contribution in [3.05, 3.63) is 50.7 Å². The second-order valence-electron chi connectivity index (χ2n) is 4.99.